The highest BCUT2D eigenvalue weighted by Crippen LogP contribution is 2.33. The summed E-state index contributed by atoms with van der Waals surface area (Å²) in [4.78, 5) is 25.3. The number of nitrogens with one attached hydrogen (secondary N) is 1. The zero-order valence-electron chi connectivity index (χ0n) is 16.0. The number of likely N-dealkylation sites (tertiary alicyclic amines) is 1. The first-order chi connectivity index (χ1) is 13.6. The number of hydrogen-bond donors (Lipinski definition) is 2. The van der Waals surface area contributed by atoms with Gasteiger partial charge in [-0.3, -0.25) is 14.3 Å². The number of carbonyl (C=O) groups excluding carboxylic acids is 2. The minimum atomic E-state index is -0.634. The summed E-state index contributed by atoms with van der Waals surface area (Å²) in [7, 11) is 0. The molecular weight excluding hydrogens is 356 g/mol. The smallest absolute Gasteiger partial charge is 0.243 e. The molecule has 0 saturated carbocycles. The second-order valence-corrected chi connectivity index (χ2v) is 7.61. The molecule has 1 aliphatic heterocycles. The lowest BCUT2D eigenvalue weighted by molar-refractivity contribution is -0.131. The van der Waals surface area contributed by atoms with Crippen molar-refractivity contribution >= 4 is 12.3 Å². The average Bonchev–Trinajstić information content (AvgIpc) is 3.33. The summed E-state index contributed by atoms with van der Waals surface area (Å²) in [5, 5.41) is 17.2. The SMILES string of the molecule is CCn1nccc1-c1ccc2c(c1)CCCC2NC(=O)C1CC(O)CN1C=O. The maximum atomic E-state index is 12.7. The molecule has 2 N–H and O–H groups in total. The molecule has 3 unspecified atom stereocenters. The van der Waals surface area contributed by atoms with Crippen LogP contribution in [0.4, 0.5) is 0 Å². The van der Waals surface area contributed by atoms with E-state index in [0.29, 0.717) is 12.8 Å². The first kappa shape index (κ1) is 18.7. The number of β-amino-alcohol motifs (C(OH)–C–C–N with tert-alkyl or cyclic N) is 1. The Morgan fingerprint density at radius 2 is 2.25 bits per heavy atom. The van der Waals surface area contributed by atoms with Gasteiger partial charge < -0.3 is 15.3 Å². The van der Waals surface area contributed by atoms with E-state index in [1.165, 1.54) is 10.5 Å². The molecule has 2 heterocycles. The largest absolute Gasteiger partial charge is 0.391 e. The topological polar surface area (TPSA) is 87.5 Å². The summed E-state index contributed by atoms with van der Waals surface area (Å²) in [6, 6.07) is 7.76. The van der Waals surface area contributed by atoms with E-state index in [1.54, 1.807) is 0 Å². The molecule has 0 spiro atoms. The molecule has 1 aliphatic carbocycles. The van der Waals surface area contributed by atoms with Crippen LogP contribution < -0.4 is 5.32 Å². The van der Waals surface area contributed by atoms with Crippen molar-refractivity contribution in [2.45, 2.75) is 57.3 Å². The lowest BCUT2D eigenvalue weighted by Crippen LogP contribution is -2.44. The molecule has 0 bridgehead atoms. The van der Waals surface area contributed by atoms with E-state index in [4.69, 9.17) is 0 Å². The summed E-state index contributed by atoms with van der Waals surface area (Å²) in [5.74, 6) is -0.186. The lowest BCUT2D eigenvalue weighted by Gasteiger charge is -2.29. The maximum Gasteiger partial charge on any atom is 0.243 e. The zero-order valence-corrected chi connectivity index (χ0v) is 16.0. The predicted molar refractivity (Wildman–Crippen MR) is 104 cm³/mol. The van der Waals surface area contributed by atoms with Crippen molar-refractivity contribution < 1.29 is 14.7 Å². The molecule has 4 rings (SSSR count). The third-order valence-corrected chi connectivity index (χ3v) is 5.84. The van der Waals surface area contributed by atoms with Crippen LogP contribution in [-0.2, 0) is 22.6 Å². The van der Waals surface area contributed by atoms with Gasteiger partial charge in [0, 0.05) is 31.3 Å². The third kappa shape index (κ3) is 3.42. The predicted octanol–water partition coefficient (Wildman–Crippen LogP) is 1.66. The first-order valence-corrected chi connectivity index (χ1v) is 9.95. The summed E-state index contributed by atoms with van der Waals surface area (Å²) >= 11 is 0. The first-order valence-electron chi connectivity index (χ1n) is 9.95. The average molecular weight is 382 g/mol. The van der Waals surface area contributed by atoms with Gasteiger partial charge in [-0.05, 0) is 49.4 Å². The van der Waals surface area contributed by atoms with E-state index in [0.717, 1.165) is 42.6 Å². The van der Waals surface area contributed by atoms with E-state index in [-0.39, 0.29) is 18.5 Å². The van der Waals surface area contributed by atoms with Crippen LogP contribution in [0.2, 0.25) is 0 Å². The van der Waals surface area contributed by atoms with Crippen LogP contribution in [0.1, 0.15) is 43.4 Å². The molecule has 2 aliphatic rings. The summed E-state index contributed by atoms with van der Waals surface area (Å²) in [6.07, 6.45) is 4.99. The highest BCUT2D eigenvalue weighted by molar-refractivity contribution is 5.84. The molecule has 28 heavy (non-hydrogen) atoms. The molecule has 1 aromatic carbocycles. The van der Waals surface area contributed by atoms with Gasteiger partial charge in [-0.1, -0.05) is 12.1 Å². The number of hydrogen-bond acceptors (Lipinski definition) is 4. The second-order valence-electron chi connectivity index (χ2n) is 7.61. The monoisotopic (exact) mass is 382 g/mol. The van der Waals surface area contributed by atoms with Crippen LogP contribution in [0.3, 0.4) is 0 Å². The van der Waals surface area contributed by atoms with Crippen molar-refractivity contribution in [3.8, 4) is 11.3 Å². The molecule has 1 fully saturated rings. The van der Waals surface area contributed by atoms with Gasteiger partial charge in [-0.25, -0.2) is 0 Å². The van der Waals surface area contributed by atoms with Gasteiger partial charge in [0.05, 0.1) is 17.8 Å². The van der Waals surface area contributed by atoms with Crippen molar-refractivity contribution in [2.24, 2.45) is 0 Å². The molecule has 7 heteroatoms. The Balaban J connectivity index is 1.54. The van der Waals surface area contributed by atoms with Crippen molar-refractivity contribution in [1.29, 1.82) is 0 Å². The zero-order chi connectivity index (χ0) is 19.7. The number of aromatic nitrogens is 2. The van der Waals surface area contributed by atoms with Crippen LogP contribution in [0.25, 0.3) is 11.3 Å². The number of rotatable bonds is 5. The van der Waals surface area contributed by atoms with Crippen molar-refractivity contribution in [1.82, 2.24) is 20.0 Å². The second kappa shape index (κ2) is 7.75. The fraction of sp³-hybridized carbons (Fsp3) is 0.476. The molecular formula is C21H26N4O3. The Morgan fingerprint density at radius 1 is 1.39 bits per heavy atom. The number of aliphatic hydroxyl groups excluding tert-OH is 1. The van der Waals surface area contributed by atoms with Crippen LogP contribution in [0, 0.1) is 0 Å². The molecule has 7 nitrogen and oxygen atoms in total. The molecule has 2 amide bonds. The number of carbonyl (C=O) groups is 2. The summed E-state index contributed by atoms with van der Waals surface area (Å²) < 4.78 is 1.98. The minimum Gasteiger partial charge on any atom is -0.391 e. The number of amides is 2. The quantitative estimate of drug-likeness (QED) is 0.770. The van der Waals surface area contributed by atoms with Crippen molar-refractivity contribution in [2.75, 3.05) is 6.54 Å². The van der Waals surface area contributed by atoms with Crippen molar-refractivity contribution in [3.05, 3.63) is 41.6 Å². The maximum absolute atomic E-state index is 12.7. The normalized spacial score (nSPS) is 24.1. The molecule has 3 atom stereocenters. The van der Waals surface area contributed by atoms with E-state index >= 15 is 0 Å². The highest BCUT2D eigenvalue weighted by atomic mass is 16.3. The number of benzene rings is 1. The highest BCUT2D eigenvalue weighted by Gasteiger charge is 2.36. The number of nitrogens with zero attached hydrogens (tertiary/aromatic N) is 3. The van der Waals surface area contributed by atoms with Gasteiger partial charge >= 0.3 is 0 Å². The minimum absolute atomic E-state index is 0.0624. The van der Waals surface area contributed by atoms with E-state index in [2.05, 4.69) is 35.5 Å². The van der Waals surface area contributed by atoms with Crippen molar-refractivity contribution in [3.63, 3.8) is 0 Å². The summed E-state index contributed by atoms with van der Waals surface area (Å²) in [6.45, 7) is 3.11. The number of aryl methyl sites for hydroxylation is 2. The lowest BCUT2D eigenvalue weighted by atomic mass is 9.86. The van der Waals surface area contributed by atoms with E-state index in [9.17, 15) is 14.7 Å². The third-order valence-electron chi connectivity index (χ3n) is 5.84. The molecule has 2 aromatic rings. The van der Waals surface area contributed by atoms with Crippen LogP contribution in [0.5, 0.6) is 0 Å². The molecule has 1 aromatic heterocycles. The van der Waals surface area contributed by atoms with E-state index in [1.807, 2.05) is 16.9 Å². The standard InChI is InChI=1S/C21H26N4O3/c1-2-25-19(8-9-22-25)15-6-7-17-14(10-15)4-3-5-18(17)23-21(28)20-11-16(27)12-24(20)13-26/h6-10,13,16,18,20,27H,2-5,11-12H2,1H3,(H,23,28). The Labute approximate surface area is 164 Å². The van der Waals surface area contributed by atoms with Crippen LogP contribution in [-0.4, -0.2) is 50.8 Å². The Morgan fingerprint density at radius 3 is 3.04 bits per heavy atom. The Hall–Kier alpha value is -2.67. The van der Waals surface area contributed by atoms with Gasteiger partial charge in [0.2, 0.25) is 12.3 Å². The van der Waals surface area contributed by atoms with Gasteiger partial charge in [-0.15, -0.1) is 0 Å². The van der Waals surface area contributed by atoms with E-state index < -0.39 is 12.1 Å². The Bertz CT molecular complexity index is 878. The Kier molecular flexibility index (Phi) is 5.17. The fourth-order valence-corrected chi connectivity index (χ4v) is 4.43. The van der Waals surface area contributed by atoms with Gasteiger partial charge in [0.15, 0.2) is 0 Å². The fourth-order valence-electron chi connectivity index (χ4n) is 4.43. The van der Waals surface area contributed by atoms with Gasteiger partial charge in [-0.2, -0.15) is 5.10 Å². The summed E-state index contributed by atoms with van der Waals surface area (Å²) in [5.41, 5.74) is 4.62. The number of fused-ring (bicyclic) bond motifs is 1. The molecule has 0 radical (unpaired) electrons. The van der Waals surface area contributed by atoms with Gasteiger partial charge in [0.25, 0.3) is 0 Å². The van der Waals surface area contributed by atoms with Crippen LogP contribution in [0.15, 0.2) is 30.5 Å². The van der Waals surface area contributed by atoms with Crippen LogP contribution >= 0.6 is 0 Å². The number of aliphatic hydroxyl groups is 1. The molecule has 148 valence electrons. The van der Waals surface area contributed by atoms with Gasteiger partial charge in [0.1, 0.15) is 6.04 Å². The molecule has 1 saturated heterocycles.